The van der Waals surface area contributed by atoms with Gasteiger partial charge in [0.15, 0.2) is 5.78 Å². The first-order chi connectivity index (χ1) is 9.16. The van der Waals surface area contributed by atoms with E-state index in [-0.39, 0.29) is 11.7 Å². The lowest BCUT2D eigenvalue weighted by atomic mass is 9.96. The molecule has 1 atom stereocenters. The summed E-state index contributed by atoms with van der Waals surface area (Å²) in [7, 11) is 0. The van der Waals surface area contributed by atoms with Crippen molar-refractivity contribution in [2.45, 2.75) is 12.8 Å². The fourth-order valence-corrected chi connectivity index (χ4v) is 3.05. The van der Waals surface area contributed by atoms with Gasteiger partial charge < -0.3 is 0 Å². The summed E-state index contributed by atoms with van der Waals surface area (Å²) >= 11 is 12.2. The molecule has 2 aromatic rings. The lowest BCUT2D eigenvalue weighted by Crippen LogP contribution is -2.12. The van der Waals surface area contributed by atoms with Crippen molar-refractivity contribution in [1.82, 2.24) is 0 Å². The van der Waals surface area contributed by atoms with E-state index >= 15 is 0 Å². The van der Waals surface area contributed by atoms with Gasteiger partial charge in [-0.2, -0.15) is 0 Å². The summed E-state index contributed by atoms with van der Waals surface area (Å²) in [5.74, 6) is 0.194. The monoisotopic (exact) mass is 290 g/mol. The number of benzene rings is 2. The predicted molar refractivity (Wildman–Crippen MR) is 78.1 cm³/mol. The second kappa shape index (κ2) is 4.99. The Bertz CT molecular complexity index is 649. The molecular weight excluding hydrogens is 279 g/mol. The van der Waals surface area contributed by atoms with Crippen molar-refractivity contribution in [2.75, 3.05) is 0 Å². The molecule has 0 spiro atoms. The van der Waals surface area contributed by atoms with Crippen molar-refractivity contribution in [1.29, 1.82) is 0 Å². The Labute approximate surface area is 122 Å². The van der Waals surface area contributed by atoms with Crippen molar-refractivity contribution in [3.63, 3.8) is 0 Å². The number of carbonyl (C=O) groups excluding carboxylic acids is 1. The number of rotatable bonds is 2. The Kier molecular flexibility index (Phi) is 3.34. The van der Waals surface area contributed by atoms with Gasteiger partial charge in [0.1, 0.15) is 0 Å². The number of halogens is 2. The molecule has 1 aliphatic rings. The van der Waals surface area contributed by atoms with Crippen LogP contribution in [0.25, 0.3) is 0 Å². The van der Waals surface area contributed by atoms with Crippen LogP contribution in [0.1, 0.15) is 21.5 Å². The highest BCUT2D eigenvalue weighted by molar-refractivity contribution is 6.42. The minimum absolute atomic E-state index is 0.0200. The van der Waals surface area contributed by atoms with E-state index in [1.54, 1.807) is 6.07 Å². The van der Waals surface area contributed by atoms with Gasteiger partial charge in [-0.15, -0.1) is 0 Å². The average molecular weight is 291 g/mol. The van der Waals surface area contributed by atoms with Crippen molar-refractivity contribution < 1.29 is 4.79 Å². The van der Waals surface area contributed by atoms with E-state index in [1.807, 2.05) is 36.4 Å². The highest BCUT2D eigenvalue weighted by Gasteiger charge is 2.30. The second-order valence-corrected chi connectivity index (χ2v) is 5.62. The van der Waals surface area contributed by atoms with E-state index in [4.69, 9.17) is 23.2 Å². The number of fused-ring (bicyclic) bond motifs is 1. The SMILES string of the molecule is O=C1c2ccccc2CC1Cc1cccc(Cl)c1Cl. The topological polar surface area (TPSA) is 17.1 Å². The van der Waals surface area contributed by atoms with Crippen LogP contribution in [-0.2, 0) is 12.8 Å². The molecule has 96 valence electrons. The third-order valence-electron chi connectivity index (χ3n) is 3.62. The molecule has 0 saturated heterocycles. The van der Waals surface area contributed by atoms with Gasteiger partial charge in [-0.05, 0) is 30.0 Å². The smallest absolute Gasteiger partial charge is 0.166 e. The molecule has 3 rings (SSSR count). The summed E-state index contributed by atoms with van der Waals surface area (Å²) in [6.07, 6.45) is 1.44. The average Bonchev–Trinajstić information content (AvgIpc) is 2.73. The lowest BCUT2D eigenvalue weighted by molar-refractivity contribution is 0.0936. The normalized spacial score (nSPS) is 17.6. The first-order valence-electron chi connectivity index (χ1n) is 6.22. The highest BCUT2D eigenvalue weighted by atomic mass is 35.5. The Morgan fingerprint density at radius 2 is 1.84 bits per heavy atom. The molecule has 1 unspecified atom stereocenters. The van der Waals surface area contributed by atoms with Crippen LogP contribution in [0.2, 0.25) is 10.0 Å². The summed E-state index contributed by atoms with van der Waals surface area (Å²) < 4.78 is 0. The summed E-state index contributed by atoms with van der Waals surface area (Å²) in [5, 5.41) is 1.11. The van der Waals surface area contributed by atoms with Gasteiger partial charge in [0.05, 0.1) is 10.0 Å². The quantitative estimate of drug-likeness (QED) is 0.790. The number of carbonyl (C=O) groups is 1. The van der Waals surface area contributed by atoms with Crippen LogP contribution in [0.5, 0.6) is 0 Å². The lowest BCUT2D eigenvalue weighted by Gasteiger charge is -2.10. The van der Waals surface area contributed by atoms with Gasteiger partial charge in [0, 0.05) is 11.5 Å². The summed E-state index contributed by atoms with van der Waals surface area (Å²) in [6.45, 7) is 0. The predicted octanol–water partition coefficient (Wildman–Crippen LogP) is 4.59. The van der Waals surface area contributed by atoms with Crippen LogP contribution in [-0.4, -0.2) is 5.78 Å². The Hall–Kier alpha value is -1.31. The molecular formula is C16H12Cl2O. The largest absolute Gasteiger partial charge is 0.294 e. The van der Waals surface area contributed by atoms with E-state index in [0.29, 0.717) is 16.5 Å². The molecule has 0 amide bonds. The minimum Gasteiger partial charge on any atom is -0.294 e. The molecule has 0 radical (unpaired) electrons. The fraction of sp³-hybridized carbons (Fsp3) is 0.188. The number of hydrogen-bond donors (Lipinski definition) is 0. The van der Waals surface area contributed by atoms with E-state index in [9.17, 15) is 4.79 Å². The fourth-order valence-electron chi connectivity index (χ4n) is 2.65. The summed E-state index contributed by atoms with van der Waals surface area (Å²) in [5.41, 5.74) is 2.93. The standard InChI is InChI=1S/C16H12Cl2O/c17-14-7-3-5-11(15(14)18)9-12-8-10-4-1-2-6-13(10)16(12)19/h1-7,12H,8-9H2. The molecule has 0 aliphatic heterocycles. The van der Waals surface area contributed by atoms with Gasteiger partial charge in [0.25, 0.3) is 0 Å². The number of ketones is 1. The Morgan fingerprint density at radius 3 is 2.63 bits per heavy atom. The Balaban J connectivity index is 1.87. The van der Waals surface area contributed by atoms with Gasteiger partial charge in [0.2, 0.25) is 0 Å². The van der Waals surface area contributed by atoms with Crippen LogP contribution in [0.4, 0.5) is 0 Å². The molecule has 1 nitrogen and oxygen atoms in total. The maximum atomic E-state index is 12.3. The van der Waals surface area contributed by atoms with Gasteiger partial charge in [-0.1, -0.05) is 59.6 Å². The molecule has 1 aliphatic carbocycles. The zero-order chi connectivity index (χ0) is 13.4. The molecule has 0 N–H and O–H groups in total. The van der Waals surface area contributed by atoms with Crippen molar-refractivity contribution in [3.8, 4) is 0 Å². The Morgan fingerprint density at radius 1 is 1.05 bits per heavy atom. The number of Topliss-reactive ketones (excluding diaryl/α,β-unsaturated/α-hetero) is 1. The number of hydrogen-bond acceptors (Lipinski definition) is 1. The van der Waals surface area contributed by atoms with Gasteiger partial charge in [-0.3, -0.25) is 4.79 Å². The van der Waals surface area contributed by atoms with E-state index in [2.05, 4.69) is 0 Å². The first kappa shape index (κ1) is 12.7. The van der Waals surface area contributed by atoms with Crippen molar-refractivity contribution in [2.24, 2.45) is 5.92 Å². The molecule has 0 heterocycles. The molecule has 0 aromatic heterocycles. The van der Waals surface area contributed by atoms with E-state index in [0.717, 1.165) is 23.1 Å². The van der Waals surface area contributed by atoms with E-state index < -0.39 is 0 Å². The van der Waals surface area contributed by atoms with Crippen LogP contribution in [0.15, 0.2) is 42.5 Å². The summed E-state index contributed by atoms with van der Waals surface area (Å²) in [4.78, 5) is 12.3. The van der Waals surface area contributed by atoms with E-state index in [1.165, 1.54) is 0 Å². The van der Waals surface area contributed by atoms with Gasteiger partial charge >= 0.3 is 0 Å². The van der Waals surface area contributed by atoms with Crippen LogP contribution in [0.3, 0.4) is 0 Å². The third-order valence-corrected chi connectivity index (χ3v) is 4.48. The van der Waals surface area contributed by atoms with Crippen LogP contribution in [0, 0.1) is 5.92 Å². The highest BCUT2D eigenvalue weighted by Crippen LogP contribution is 2.32. The molecule has 3 heteroatoms. The molecule has 19 heavy (non-hydrogen) atoms. The zero-order valence-electron chi connectivity index (χ0n) is 10.2. The maximum Gasteiger partial charge on any atom is 0.166 e. The van der Waals surface area contributed by atoms with Crippen LogP contribution < -0.4 is 0 Å². The van der Waals surface area contributed by atoms with Gasteiger partial charge in [-0.25, -0.2) is 0 Å². The second-order valence-electron chi connectivity index (χ2n) is 4.84. The minimum atomic E-state index is -0.0200. The molecule has 0 saturated carbocycles. The molecule has 2 aromatic carbocycles. The third kappa shape index (κ3) is 2.29. The van der Waals surface area contributed by atoms with Crippen molar-refractivity contribution in [3.05, 3.63) is 69.2 Å². The molecule has 0 fully saturated rings. The summed E-state index contributed by atoms with van der Waals surface area (Å²) in [6, 6.07) is 13.4. The molecule has 0 bridgehead atoms. The van der Waals surface area contributed by atoms with Crippen molar-refractivity contribution >= 4 is 29.0 Å². The zero-order valence-corrected chi connectivity index (χ0v) is 11.7. The maximum absolute atomic E-state index is 12.3. The first-order valence-corrected chi connectivity index (χ1v) is 6.97. The van der Waals surface area contributed by atoms with Crippen LogP contribution >= 0.6 is 23.2 Å².